The van der Waals surface area contributed by atoms with Gasteiger partial charge in [0, 0.05) is 12.5 Å². The van der Waals surface area contributed by atoms with E-state index in [1.807, 2.05) is 0 Å². The van der Waals surface area contributed by atoms with Gasteiger partial charge in [0.05, 0.1) is 0 Å². The van der Waals surface area contributed by atoms with Gasteiger partial charge in [-0.15, -0.1) is 0 Å². The zero-order valence-electron chi connectivity index (χ0n) is 4.84. The summed E-state index contributed by atoms with van der Waals surface area (Å²) in [7, 11) is 0. The number of carbonyl (C=O) groups is 1. The van der Waals surface area contributed by atoms with Gasteiger partial charge in [0.1, 0.15) is 6.29 Å². The Bertz CT molecular complexity index is 88.5. The largest absolute Gasteiger partial charge is 0.327 e. The Morgan fingerprint density at radius 3 is 2.75 bits per heavy atom. The van der Waals surface area contributed by atoms with Crippen molar-refractivity contribution in [1.82, 2.24) is 0 Å². The molecule has 0 amide bonds. The summed E-state index contributed by atoms with van der Waals surface area (Å²) in [5.41, 5.74) is 5.56. The second kappa shape index (κ2) is 2.27. The van der Waals surface area contributed by atoms with Crippen molar-refractivity contribution < 1.29 is 4.79 Å². The molecule has 1 aliphatic carbocycles. The van der Waals surface area contributed by atoms with E-state index in [-0.39, 0.29) is 6.04 Å². The van der Waals surface area contributed by atoms with E-state index in [1.54, 1.807) is 0 Å². The van der Waals surface area contributed by atoms with Crippen LogP contribution in [0.1, 0.15) is 19.3 Å². The third kappa shape index (κ3) is 1.30. The van der Waals surface area contributed by atoms with Crippen LogP contribution in [0.5, 0.6) is 0 Å². The van der Waals surface area contributed by atoms with Crippen LogP contribution in [0, 0.1) is 5.92 Å². The molecule has 0 saturated heterocycles. The molecule has 0 heterocycles. The molecule has 2 nitrogen and oxygen atoms in total. The first kappa shape index (κ1) is 5.76. The van der Waals surface area contributed by atoms with Crippen LogP contribution in [0.2, 0.25) is 0 Å². The van der Waals surface area contributed by atoms with Crippen LogP contribution in [0.15, 0.2) is 0 Å². The molecule has 0 aromatic rings. The summed E-state index contributed by atoms with van der Waals surface area (Å²) in [6.45, 7) is 0. The molecule has 0 radical (unpaired) electrons. The second-order valence-corrected chi connectivity index (χ2v) is 2.40. The fourth-order valence-electron chi connectivity index (χ4n) is 0.828. The van der Waals surface area contributed by atoms with Crippen molar-refractivity contribution in [1.29, 1.82) is 0 Å². The highest BCUT2D eigenvalue weighted by Crippen LogP contribution is 2.32. The Balaban J connectivity index is 2.12. The molecular formula is C6H11NO. The summed E-state index contributed by atoms with van der Waals surface area (Å²) in [4.78, 5) is 9.87. The molecule has 0 aromatic carbocycles. The van der Waals surface area contributed by atoms with Gasteiger partial charge in [0.2, 0.25) is 0 Å². The van der Waals surface area contributed by atoms with Gasteiger partial charge in [-0.1, -0.05) is 0 Å². The SMILES string of the molecule is NC(CC=O)C1CC1. The fraction of sp³-hybridized carbons (Fsp3) is 0.833. The molecule has 0 spiro atoms. The highest BCUT2D eigenvalue weighted by atomic mass is 16.1. The topological polar surface area (TPSA) is 43.1 Å². The smallest absolute Gasteiger partial charge is 0.121 e. The number of rotatable bonds is 3. The van der Waals surface area contributed by atoms with E-state index >= 15 is 0 Å². The van der Waals surface area contributed by atoms with Gasteiger partial charge in [-0.05, 0) is 18.8 Å². The molecule has 1 aliphatic rings. The Kier molecular flexibility index (Phi) is 1.63. The summed E-state index contributed by atoms with van der Waals surface area (Å²) < 4.78 is 0. The van der Waals surface area contributed by atoms with Crippen molar-refractivity contribution >= 4 is 6.29 Å². The normalized spacial score (nSPS) is 22.6. The van der Waals surface area contributed by atoms with Gasteiger partial charge in [-0.25, -0.2) is 0 Å². The van der Waals surface area contributed by atoms with Crippen LogP contribution >= 0.6 is 0 Å². The molecule has 8 heavy (non-hydrogen) atoms. The third-order valence-corrected chi connectivity index (χ3v) is 1.60. The Morgan fingerprint density at radius 1 is 1.75 bits per heavy atom. The van der Waals surface area contributed by atoms with E-state index < -0.39 is 0 Å². The highest BCUT2D eigenvalue weighted by Gasteiger charge is 2.27. The second-order valence-electron chi connectivity index (χ2n) is 2.40. The highest BCUT2D eigenvalue weighted by molar-refractivity contribution is 5.50. The number of aldehydes is 1. The lowest BCUT2D eigenvalue weighted by Crippen LogP contribution is -2.22. The molecule has 2 N–H and O–H groups in total. The summed E-state index contributed by atoms with van der Waals surface area (Å²) in [6, 6.07) is 0.160. The average Bonchev–Trinajstić information content (AvgIpc) is 2.45. The van der Waals surface area contributed by atoms with Crippen molar-refractivity contribution in [2.24, 2.45) is 11.7 Å². The molecule has 1 saturated carbocycles. The van der Waals surface area contributed by atoms with Crippen molar-refractivity contribution in [2.45, 2.75) is 25.3 Å². The van der Waals surface area contributed by atoms with E-state index in [2.05, 4.69) is 0 Å². The number of carbonyl (C=O) groups excluding carboxylic acids is 1. The van der Waals surface area contributed by atoms with Gasteiger partial charge in [0.25, 0.3) is 0 Å². The monoisotopic (exact) mass is 113 g/mol. The van der Waals surface area contributed by atoms with Gasteiger partial charge in [-0.3, -0.25) is 0 Å². The lowest BCUT2D eigenvalue weighted by molar-refractivity contribution is -0.108. The summed E-state index contributed by atoms with van der Waals surface area (Å²) in [5, 5.41) is 0. The maximum absolute atomic E-state index is 9.87. The first-order chi connectivity index (χ1) is 3.84. The summed E-state index contributed by atoms with van der Waals surface area (Å²) in [6.07, 6.45) is 3.91. The predicted molar refractivity (Wildman–Crippen MR) is 31.4 cm³/mol. The maximum Gasteiger partial charge on any atom is 0.121 e. The molecule has 46 valence electrons. The molecule has 0 aliphatic heterocycles. The van der Waals surface area contributed by atoms with Crippen LogP contribution in [0.3, 0.4) is 0 Å². The van der Waals surface area contributed by atoms with Gasteiger partial charge >= 0.3 is 0 Å². The van der Waals surface area contributed by atoms with Crippen LogP contribution < -0.4 is 5.73 Å². The molecular weight excluding hydrogens is 102 g/mol. The predicted octanol–water partition coefficient (Wildman–Crippen LogP) is 0.313. The summed E-state index contributed by atoms with van der Waals surface area (Å²) in [5.74, 6) is 0.667. The van der Waals surface area contributed by atoms with Crippen LogP contribution in [0.25, 0.3) is 0 Å². The lowest BCUT2D eigenvalue weighted by Gasteiger charge is -2.01. The molecule has 0 bridgehead atoms. The molecule has 2 heteroatoms. The lowest BCUT2D eigenvalue weighted by atomic mass is 10.1. The minimum absolute atomic E-state index is 0.160. The van der Waals surface area contributed by atoms with E-state index in [4.69, 9.17) is 5.73 Å². The van der Waals surface area contributed by atoms with Crippen LogP contribution in [-0.2, 0) is 4.79 Å². The zero-order chi connectivity index (χ0) is 5.98. The van der Waals surface area contributed by atoms with Crippen LogP contribution in [0.4, 0.5) is 0 Å². The van der Waals surface area contributed by atoms with Crippen molar-refractivity contribution in [3.63, 3.8) is 0 Å². The zero-order valence-corrected chi connectivity index (χ0v) is 4.84. The number of nitrogens with two attached hydrogens (primary N) is 1. The van der Waals surface area contributed by atoms with Crippen molar-refractivity contribution in [3.8, 4) is 0 Å². The first-order valence-corrected chi connectivity index (χ1v) is 3.04. The number of hydrogen-bond donors (Lipinski definition) is 1. The molecule has 1 fully saturated rings. The molecule has 1 atom stereocenters. The van der Waals surface area contributed by atoms with Crippen molar-refractivity contribution in [3.05, 3.63) is 0 Å². The standard InChI is InChI=1S/C6H11NO/c7-6(3-4-8)5-1-2-5/h4-6H,1-3,7H2. The maximum atomic E-state index is 9.87. The van der Waals surface area contributed by atoms with E-state index in [0.717, 1.165) is 6.29 Å². The van der Waals surface area contributed by atoms with Gasteiger partial charge in [-0.2, -0.15) is 0 Å². The van der Waals surface area contributed by atoms with Gasteiger partial charge in [0.15, 0.2) is 0 Å². The fourth-order valence-corrected chi connectivity index (χ4v) is 0.828. The number of hydrogen-bond acceptors (Lipinski definition) is 2. The Morgan fingerprint density at radius 2 is 2.38 bits per heavy atom. The molecule has 0 aromatic heterocycles. The Hall–Kier alpha value is -0.370. The minimum Gasteiger partial charge on any atom is -0.327 e. The van der Waals surface area contributed by atoms with Gasteiger partial charge < -0.3 is 10.5 Å². The first-order valence-electron chi connectivity index (χ1n) is 3.04. The Labute approximate surface area is 49.1 Å². The minimum atomic E-state index is 0.160. The summed E-state index contributed by atoms with van der Waals surface area (Å²) >= 11 is 0. The van der Waals surface area contributed by atoms with E-state index in [0.29, 0.717) is 12.3 Å². The van der Waals surface area contributed by atoms with Crippen molar-refractivity contribution in [2.75, 3.05) is 0 Å². The quantitative estimate of drug-likeness (QED) is 0.535. The average molecular weight is 113 g/mol. The third-order valence-electron chi connectivity index (χ3n) is 1.60. The van der Waals surface area contributed by atoms with E-state index in [9.17, 15) is 4.79 Å². The molecule has 1 unspecified atom stereocenters. The van der Waals surface area contributed by atoms with Crippen LogP contribution in [-0.4, -0.2) is 12.3 Å². The molecule has 1 rings (SSSR count). The van der Waals surface area contributed by atoms with E-state index in [1.165, 1.54) is 12.8 Å².